The van der Waals surface area contributed by atoms with Crippen molar-refractivity contribution in [2.24, 2.45) is 0 Å². The Morgan fingerprint density at radius 3 is 1.91 bits per heavy atom. The van der Waals surface area contributed by atoms with Gasteiger partial charge in [-0.1, -0.05) is 19.6 Å². The number of likely N-dealkylation sites (N-methyl/N-ethyl adjacent to an activating group) is 1. The van der Waals surface area contributed by atoms with Gasteiger partial charge in [-0.25, -0.2) is 0 Å². The van der Waals surface area contributed by atoms with E-state index in [1.54, 1.807) is 0 Å². The molecule has 3 heteroatoms. The van der Waals surface area contributed by atoms with Crippen LogP contribution in [0.25, 0.3) is 0 Å². The van der Waals surface area contributed by atoms with E-state index in [-0.39, 0.29) is 0 Å². The minimum Gasteiger partial charge on any atom is -0.391 e. The zero-order chi connectivity index (χ0) is 9.12. The Bertz CT molecular complexity index is 118. The molecule has 0 unspecified atom stereocenters. The SMILES string of the molecule is C[N+](C)(CCO)C[Si](C)(C)C. The largest absolute Gasteiger partial charge is 0.391 e. The third-order valence-corrected chi connectivity index (χ3v) is 3.41. The zero-order valence-electron chi connectivity index (χ0n) is 8.52. The van der Waals surface area contributed by atoms with E-state index in [1.807, 2.05) is 0 Å². The molecule has 0 aliphatic carbocycles. The zero-order valence-corrected chi connectivity index (χ0v) is 9.52. The molecule has 0 fully saturated rings. The molecule has 0 rings (SSSR count). The Balaban J connectivity index is 3.91. The average Bonchev–Trinajstić information content (AvgIpc) is 1.55. The van der Waals surface area contributed by atoms with Gasteiger partial charge in [-0.05, 0) is 0 Å². The van der Waals surface area contributed by atoms with Crippen LogP contribution in [-0.4, -0.2) is 51.1 Å². The van der Waals surface area contributed by atoms with Crippen LogP contribution in [0.3, 0.4) is 0 Å². The van der Waals surface area contributed by atoms with Crippen molar-refractivity contribution in [1.82, 2.24) is 0 Å². The number of quaternary nitrogens is 1. The van der Waals surface area contributed by atoms with Gasteiger partial charge in [0.25, 0.3) is 0 Å². The first-order valence-electron chi connectivity index (χ1n) is 4.20. The molecular formula is C8H22NOSi+. The molecule has 68 valence electrons. The molecule has 0 saturated heterocycles. The smallest absolute Gasteiger partial charge is 0.110 e. The van der Waals surface area contributed by atoms with Gasteiger partial charge in [0.2, 0.25) is 0 Å². The molecular weight excluding hydrogens is 154 g/mol. The van der Waals surface area contributed by atoms with Crippen molar-refractivity contribution in [2.75, 3.05) is 33.4 Å². The Labute approximate surface area is 71.4 Å². The maximum absolute atomic E-state index is 8.80. The van der Waals surface area contributed by atoms with E-state index in [2.05, 4.69) is 33.7 Å². The van der Waals surface area contributed by atoms with E-state index < -0.39 is 8.07 Å². The molecule has 0 aromatic heterocycles. The fraction of sp³-hybridized carbons (Fsp3) is 1.00. The summed E-state index contributed by atoms with van der Waals surface area (Å²) in [6.07, 6.45) is 1.24. The third-order valence-electron chi connectivity index (χ3n) is 1.61. The van der Waals surface area contributed by atoms with Gasteiger partial charge < -0.3 is 9.59 Å². The summed E-state index contributed by atoms with van der Waals surface area (Å²) in [5.41, 5.74) is 0. The van der Waals surface area contributed by atoms with Crippen molar-refractivity contribution in [1.29, 1.82) is 0 Å². The normalized spacial score (nSPS) is 13.6. The lowest BCUT2D eigenvalue weighted by molar-refractivity contribution is -0.880. The predicted molar refractivity (Wildman–Crippen MR) is 52.3 cm³/mol. The van der Waals surface area contributed by atoms with Gasteiger partial charge in [0.05, 0.1) is 26.9 Å². The third kappa shape index (κ3) is 6.53. The van der Waals surface area contributed by atoms with Gasteiger partial charge in [0, 0.05) is 0 Å². The van der Waals surface area contributed by atoms with Crippen molar-refractivity contribution >= 4 is 8.07 Å². The average molecular weight is 176 g/mol. The van der Waals surface area contributed by atoms with E-state index in [9.17, 15) is 0 Å². The fourth-order valence-corrected chi connectivity index (χ4v) is 4.36. The highest BCUT2D eigenvalue weighted by molar-refractivity contribution is 6.75. The quantitative estimate of drug-likeness (QED) is 0.499. The van der Waals surface area contributed by atoms with E-state index >= 15 is 0 Å². The lowest BCUT2D eigenvalue weighted by Gasteiger charge is -2.34. The van der Waals surface area contributed by atoms with Crippen molar-refractivity contribution in [3.8, 4) is 0 Å². The number of rotatable bonds is 4. The molecule has 11 heavy (non-hydrogen) atoms. The van der Waals surface area contributed by atoms with Gasteiger partial charge in [0.1, 0.15) is 14.6 Å². The molecule has 0 aliphatic heterocycles. The molecule has 0 aromatic rings. The molecule has 0 bridgehead atoms. The van der Waals surface area contributed by atoms with Crippen molar-refractivity contribution < 1.29 is 9.59 Å². The minimum atomic E-state index is -0.969. The summed E-state index contributed by atoms with van der Waals surface area (Å²) in [7, 11) is 3.41. The number of hydrogen-bond acceptors (Lipinski definition) is 1. The molecule has 0 aromatic carbocycles. The van der Waals surface area contributed by atoms with Gasteiger partial charge in [-0.3, -0.25) is 0 Å². The second-order valence-electron chi connectivity index (χ2n) is 5.10. The summed E-state index contributed by atoms with van der Waals surface area (Å²) < 4.78 is 0.965. The number of aliphatic hydroxyl groups is 1. The lowest BCUT2D eigenvalue weighted by atomic mass is 10.5. The Morgan fingerprint density at radius 2 is 1.64 bits per heavy atom. The van der Waals surface area contributed by atoms with Crippen LogP contribution in [0.15, 0.2) is 0 Å². The molecule has 0 amide bonds. The Morgan fingerprint density at radius 1 is 1.18 bits per heavy atom. The molecule has 1 N–H and O–H groups in total. The maximum atomic E-state index is 8.80. The van der Waals surface area contributed by atoms with E-state index in [0.717, 1.165) is 11.0 Å². The van der Waals surface area contributed by atoms with Gasteiger partial charge in [-0.15, -0.1) is 0 Å². The molecule has 2 nitrogen and oxygen atoms in total. The summed E-state index contributed by atoms with van der Waals surface area (Å²) in [6.45, 7) is 8.28. The van der Waals surface area contributed by atoms with Gasteiger partial charge >= 0.3 is 0 Å². The maximum Gasteiger partial charge on any atom is 0.110 e. The van der Waals surface area contributed by atoms with Crippen LogP contribution in [0, 0.1) is 0 Å². The second kappa shape index (κ2) is 3.69. The summed E-state index contributed by atoms with van der Waals surface area (Å²) in [4.78, 5) is 0. The first-order chi connectivity index (χ1) is 4.77. The summed E-state index contributed by atoms with van der Waals surface area (Å²) in [5.74, 6) is 0. The summed E-state index contributed by atoms with van der Waals surface area (Å²) >= 11 is 0. The number of nitrogens with zero attached hydrogens (tertiary/aromatic N) is 1. The highest BCUT2D eigenvalue weighted by atomic mass is 28.3. The summed E-state index contributed by atoms with van der Waals surface area (Å²) in [6, 6.07) is 0. The molecule has 0 heterocycles. The second-order valence-corrected chi connectivity index (χ2v) is 10.5. The van der Waals surface area contributed by atoms with Crippen LogP contribution in [0.5, 0.6) is 0 Å². The van der Waals surface area contributed by atoms with Gasteiger partial charge in [-0.2, -0.15) is 0 Å². The molecule has 0 saturated carbocycles. The van der Waals surface area contributed by atoms with E-state index in [1.165, 1.54) is 6.17 Å². The van der Waals surface area contributed by atoms with Crippen molar-refractivity contribution in [3.05, 3.63) is 0 Å². The predicted octanol–water partition coefficient (Wildman–Crippen LogP) is 0.932. The minimum absolute atomic E-state index is 0.303. The van der Waals surface area contributed by atoms with Crippen molar-refractivity contribution in [2.45, 2.75) is 19.6 Å². The first-order valence-corrected chi connectivity index (χ1v) is 7.90. The topological polar surface area (TPSA) is 20.2 Å². The molecule has 0 radical (unpaired) electrons. The number of hydrogen-bond donors (Lipinski definition) is 1. The van der Waals surface area contributed by atoms with Crippen LogP contribution in [0.1, 0.15) is 0 Å². The number of aliphatic hydroxyl groups excluding tert-OH is 1. The standard InChI is InChI=1S/C8H22NOSi/c1-9(2,6-7-10)8-11(3,4)5/h10H,6-8H2,1-5H3/q+1. The van der Waals surface area contributed by atoms with Crippen LogP contribution < -0.4 is 0 Å². The Hall–Kier alpha value is 0.137. The van der Waals surface area contributed by atoms with Crippen LogP contribution in [0.4, 0.5) is 0 Å². The fourth-order valence-electron chi connectivity index (χ4n) is 1.63. The van der Waals surface area contributed by atoms with Crippen LogP contribution in [0.2, 0.25) is 19.6 Å². The summed E-state index contributed by atoms with van der Waals surface area (Å²) in [5, 5.41) is 8.80. The monoisotopic (exact) mass is 176 g/mol. The van der Waals surface area contributed by atoms with Gasteiger partial charge in [0.15, 0.2) is 0 Å². The highest BCUT2D eigenvalue weighted by Gasteiger charge is 2.25. The lowest BCUT2D eigenvalue weighted by Crippen LogP contribution is -2.51. The molecule has 0 spiro atoms. The highest BCUT2D eigenvalue weighted by Crippen LogP contribution is 2.07. The molecule has 0 atom stereocenters. The van der Waals surface area contributed by atoms with E-state index in [4.69, 9.17) is 5.11 Å². The first kappa shape index (κ1) is 11.1. The van der Waals surface area contributed by atoms with E-state index in [0.29, 0.717) is 6.61 Å². The van der Waals surface area contributed by atoms with Crippen molar-refractivity contribution in [3.63, 3.8) is 0 Å². The van der Waals surface area contributed by atoms with Crippen LogP contribution in [-0.2, 0) is 0 Å². The van der Waals surface area contributed by atoms with Crippen LogP contribution >= 0.6 is 0 Å². The Kier molecular flexibility index (Phi) is 3.74. The molecule has 0 aliphatic rings.